The number of aryl methyl sites for hydroxylation is 2. The number of benzene rings is 1. The number of hydrogen-bond acceptors (Lipinski definition) is 8. The second kappa shape index (κ2) is 9.25. The van der Waals surface area contributed by atoms with Crippen LogP contribution in [0, 0.1) is 10.6 Å². The summed E-state index contributed by atoms with van der Waals surface area (Å²) in [6, 6.07) is 5.02. The summed E-state index contributed by atoms with van der Waals surface area (Å²) in [6.07, 6.45) is 3.23. The van der Waals surface area contributed by atoms with E-state index < -0.39 is 16.8 Å². The molecule has 0 bridgehead atoms. The summed E-state index contributed by atoms with van der Waals surface area (Å²) >= 11 is 0. The van der Waals surface area contributed by atoms with Gasteiger partial charge in [0.25, 0.3) is 0 Å². The standard InChI is InChI=1S/C8H7F.C7H14N6O3S/c9-8-4-3-6-1-2-7(6)5-8;1-17(9)3-4(14)2-10-7-5(6(8)11-15)12-16-13-7/h3-5H,1-2H2;4,9,14-15H,2-3H2,1H3,(H2,8,11)(H,10,13). The lowest BCUT2D eigenvalue weighted by Gasteiger charge is -2.17. The van der Waals surface area contributed by atoms with Gasteiger partial charge in [0.1, 0.15) is 5.82 Å². The van der Waals surface area contributed by atoms with Crippen molar-refractivity contribution in [2.75, 3.05) is 23.9 Å². The highest BCUT2D eigenvalue weighted by Gasteiger charge is 2.15. The first kappa shape index (κ1) is 19.8. The van der Waals surface area contributed by atoms with E-state index in [-0.39, 0.29) is 29.7 Å². The van der Waals surface area contributed by atoms with E-state index in [0.29, 0.717) is 5.75 Å². The van der Waals surface area contributed by atoms with E-state index in [1.54, 1.807) is 12.3 Å². The van der Waals surface area contributed by atoms with Gasteiger partial charge in [-0.3, -0.25) is 4.78 Å². The van der Waals surface area contributed by atoms with E-state index in [0.717, 1.165) is 12.8 Å². The molecule has 9 nitrogen and oxygen atoms in total. The largest absolute Gasteiger partial charge is 0.409 e. The van der Waals surface area contributed by atoms with Crippen LogP contribution in [0.5, 0.6) is 0 Å². The molecule has 0 spiro atoms. The summed E-state index contributed by atoms with van der Waals surface area (Å²) in [7, 11) is -0.598. The van der Waals surface area contributed by atoms with E-state index in [1.807, 2.05) is 6.07 Å². The number of halogens is 1. The number of fused-ring (bicyclic) bond motifs is 1. The monoisotopic (exact) mass is 384 g/mol. The first-order chi connectivity index (χ1) is 12.4. The summed E-state index contributed by atoms with van der Waals surface area (Å²) in [5, 5.41) is 30.5. The Morgan fingerprint density at radius 2 is 2.19 bits per heavy atom. The van der Waals surface area contributed by atoms with Crippen LogP contribution in [0.2, 0.25) is 0 Å². The average molecular weight is 384 g/mol. The van der Waals surface area contributed by atoms with Crippen molar-refractivity contribution in [2.24, 2.45) is 10.9 Å². The zero-order valence-corrected chi connectivity index (χ0v) is 15.0. The lowest BCUT2D eigenvalue weighted by Crippen LogP contribution is -2.26. The Kier molecular flexibility index (Phi) is 7.04. The lowest BCUT2D eigenvalue weighted by molar-refractivity contribution is 0.212. The van der Waals surface area contributed by atoms with Crippen LogP contribution in [0.25, 0.3) is 0 Å². The van der Waals surface area contributed by atoms with E-state index in [4.69, 9.17) is 15.7 Å². The average Bonchev–Trinajstić information content (AvgIpc) is 3.04. The molecule has 0 radical (unpaired) electrons. The third kappa shape index (κ3) is 5.49. The van der Waals surface area contributed by atoms with E-state index in [1.165, 1.54) is 17.2 Å². The molecule has 1 heterocycles. The number of nitrogens with zero attached hydrogens (tertiary/aromatic N) is 3. The molecular formula is C15H21FN6O3S. The minimum Gasteiger partial charge on any atom is -0.409 e. The number of amidine groups is 1. The van der Waals surface area contributed by atoms with Gasteiger partial charge in [-0.25, -0.2) is 9.02 Å². The van der Waals surface area contributed by atoms with Gasteiger partial charge in [-0.1, -0.05) is 11.2 Å². The maximum atomic E-state index is 12.4. The van der Waals surface area contributed by atoms with Crippen LogP contribution < -0.4 is 11.1 Å². The predicted molar refractivity (Wildman–Crippen MR) is 96.0 cm³/mol. The first-order valence-corrected chi connectivity index (χ1v) is 9.54. The fourth-order valence-electron chi connectivity index (χ4n) is 2.25. The highest BCUT2D eigenvalue weighted by molar-refractivity contribution is 7.85. The predicted octanol–water partition coefficient (Wildman–Crippen LogP) is 0.872. The maximum Gasteiger partial charge on any atom is 0.202 e. The van der Waals surface area contributed by atoms with Crippen molar-refractivity contribution in [3.05, 3.63) is 40.8 Å². The van der Waals surface area contributed by atoms with Gasteiger partial charge in [-0.05, 0) is 52.7 Å². The normalized spacial score (nSPS) is 15.1. The second-order valence-corrected chi connectivity index (χ2v) is 7.31. The summed E-state index contributed by atoms with van der Waals surface area (Å²) in [6.45, 7) is 0.177. The topological polar surface area (TPSA) is 154 Å². The molecule has 11 heteroatoms. The molecule has 1 aromatic heterocycles. The molecule has 3 rings (SSSR count). The molecule has 142 valence electrons. The van der Waals surface area contributed by atoms with Crippen molar-refractivity contribution in [3.63, 3.8) is 0 Å². The van der Waals surface area contributed by atoms with Gasteiger partial charge in [0.05, 0.1) is 6.10 Å². The van der Waals surface area contributed by atoms with Crippen LogP contribution >= 0.6 is 0 Å². The molecule has 1 aliphatic carbocycles. The van der Waals surface area contributed by atoms with Gasteiger partial charge in [0.15, 0.2) is 11.5 Å². The van der Waals surface area contributed by atoms with Crippen LogP contribution in [0.3, 0.4) is 0 Å². The minimum absolute atomic E-state index is 0.0704. The van der Waals surface area contributed by atoms with Crippen molar-refractivity contribution >= 4 is 22.3 Å². The number of rotatable bonds is 6. The van der Waals surface area contributed by atoms with Crippen molar-refractivity contribution in [3.8, 4) is 0 Å². The van der Waals surface area contributed by atoms with Crippen molar-refractivity contribution in [1.29, 1.82) is 4.78 Å². The zero-order valence-electron chi connectivity index (χ0n) is 14.1. The molecule has 1 aliphatic rings. The lowest BCUT2D eigenvalue weighted by atomic mass is 9.89. The number of hydrogen-bond donors (Lipinski definition) is 5. The number of aliphatic hydroxyl groups is 1. The van der Waals surface area contributed by atoms with Gasteiger partial charge in [0, 0.05) is 12.3 Å². The number of aromatic nitrogens is 2. The number of nitrogens with one attached hydrogen (secondary N) is 2. The summed E-state index contributed by atoms with van der Waals surface area (Å²) < 4.78 is 24.1. The fraction of sp³-hybridized carbons (Fsp3) is 0.400. The van der Waals surface area contributed by atoms with Crippen LogP contribution in [-0.4, -0.2) is 51.1 Å². The number of oxime groups is 1. The summed E-state index contributed by atoms with van der Waals surface area (Å²) in [5.74, 6) is 0.199. The minimum atomic E-state index is -0.683. The van der Waals surface area contributed by atoms with Gasteiger partial charge < -0.3 is 21.4 Å². The molecule has 1 aromatic carbocycles. The SMILES string of the molecule is CS(=N)CC(O)CNc1nonc1/C(N)=N/O.Fc1ccc2c(c1)CC2. The molecule has 0 fully saturated rings. The van der Waals surface area contributed by atoms with E-state index >= 15 is 0 Å². The van der Waals surface area contributed by atoms with Crippen LogP contribution in [0.15, 0.2) is 28.0 Å². The third-order valence-electron chi connectivity index (χ3n) is 3.62. The van der Waals surface area contributed by atoms with Crippen LogP contribution in [0.4, 0.5) is 10.2 Å². The maximum absolute atomic E-state index is 12.4. The highest BCUT2D eigenvalue weighted by atomic mass is 32.2. The van der Waals surface area contributed by atoms with E-state index in [2.05, 4.69) is 25.4 Å². The fourth-order valence-corrected chi connectivity index (χ4v) is 2.94. The number of anilines is 1. The van der Waals surface area contributed by atoms with Gasteiger partial charge in [-0.15, -0.1) is 10.7 Å². The highest BCUT2D eigenvalue weighted by Crippen LogP contribution is 2.22. The second-order valence-electron chi connectivity index (χ2n) is 5.70. The summed E-state index contributed by atoms with van der Waals surface area (Å²) in [5.41, 5.74) is 7.91. The van der Waals surface area contributed by atoms with Crippen molar-refractivity contribution in [1.82, 2.24) is 10.3 Å². The molecular weight excluding hydrogens is 363 g/mol. The van der Waals surface area contributed by atoms with Crippen molar-refractivity contribution < 1.29 is 19.3 Å². The van der Waals surface area contributed by atoms with Gasteiger partial charge in [0.2, 0.25) is 5.82 Å². The Balaban J connectivity index is 0.000000223. The van der Waals surface area contributed by atoms with Gasteiger partial charge in [-0.2, -0.15) is 0 Å². The molecule has 0 aliphatic heterocycles. The third-order valence-corrected chi connectivity index (χ3v) is 4.50. The Hall–Kier alpha value is -2.53. The van der Waals surface area contributed by atoms with Gasteiger partial charge >= 0.3 is 0 Å². The Bertz CT molecular complexity index is 797. The molecule has 0 saturated carbocycles. The molecule has 26 heavy (non-hydrogen) atoms. The molecule has 2 aromatic rings. The van der Waals surface area contributed by atoms with Crippen LogP contribution in [-0.2, 0) is 23.5 Å². The molecule has 2 unspecified atom stereocenters. The van der Waals surface area contributed by atoms with Crippen molar-refractivity contribution in [2.45, 2.75) is 18.9 Å². The Morgan fingerprint density at radius 3 is 2.73 bits per heavy atom. The van der Waals surface area contributed by atoms with Crippen LogP contribution in [0.1, 0.15) is 16.8 Å². The molecule has 6 N–H and O–H groups in total. The Labute approximate surface area is 151 Å². The number of nitrogens with two attached hydrogens (primary N) is 1. The molecule has 0 saturated heterocycles. The summed E-state index contributed by atoms with van der Waals surface area (Å²) in [4.78, 5) is 0. The smallest absolute Gasteiger partial charge is 0.202 e. The first-order valence-electron chi connectivity index (χ1n) is 7.74. The molecule has 2 atom stereocenters. The quantitative estimate of drug-likeness (QED) is 0.214. The zero-order chi connectivity index (χ0) is 19.1. The molecule has 0 amide bonds. The number of aliphatic hydroxyl groups excluding tert-OH is 1. The Morgan fingerprint density at radius 1 is 1.46 bits per heavy atom. The van der Waals surface area contributed by atoms with E-state index in [9.17, 15) is 9.50 Å².